The fourth-order valence-electron chi connectivity index (χ4n) is 2.30. The first-order valence-electron chi connectivity index (χ1n) is 8.06. The number of ketones is 1. The van der Waals surface area contributed by atoms with Gasteiger partial charge in [0.05, 0.1) is 0 Å². The van der Waals surface area contributed by atoms with Gasteiger partial charge >= 0.3 is 6.03 Å². The fourth-order valence-corrected chi connectivity index (χ4v) is 2.30. The van der Waals surface area contributed by atoms with E-state index in [1.807, 2.05) is 12.1 Å². The first-order chi connectivity index (χ1) is 12.0. The van der Waals surface area contributed by atoms with Gasteiger partial charge in [-0.25, -0.2) is 4.79 Å². The van der Waals surface area contributed by atoms with Crippen molar-refractivity contribution in [2.24, 2.45) is 5.73 Å². The fraction of sp³-hybridized carbons (Fsp3) is 0.211. The number of benzene rings is 2. The number of Topliss-reactive ketones (excluding diaryl/α,β-unsaturated/α-hetero) is 1. The number of rotatable bonds is 7. The van der Waals surface area contributed by atoms with Crippen LogP contribution in [0.1, 0.15) is 35.7 Å². The number of urea groups is 1. The van der Waals surface area contributed by atoms with Crippen LogP contribution < -0.4 is 16.4 Å². The lowest BCUT2D eigenvalue weighted by Gasteiger charge is -2.07. The molecular formula is C19H21N3O3. The minimum absolute atomic E-state index is 0.0567. The van der Waals surface area contributed by atoms with Crippen molar-refractivity contribution in [2.45, 2.75) is 26.2 Å². The van der Waals surface area contributed by atoms with E-state index in [0.717, 1.165) is 6.42 Å². The average Bonchev–Trinajstić information content (AvgIpc) is 2.61. The molecule has 4 N–H and O–H groups in total. The van der Waals surface area contributed by atoms with Crippen molar-refractivity contribution in [1.29, 1.82) is 0 Å². The lowest BCUT2D eigenvalue weighted by molar-refractivity contribution is -0.116. The summed E-state index contributed by atoms with van der Waals surface area (Å²) in [6.07, 6.45) is 1.18. The molecule has 2 rings (SSSR count). The van der Waals surface area contributed by atoms with Gasteiger partial charge in [-0.3, -0.25) is 9.59 Å². The molecule has 2 aromatic carbocycles. The molecule has 0 aliphatic carbocycles. The molecule has 0 unspecified atom stereocenters. The third-order valence-electron chi connectivity index (χ3n) is 3.70. The van der Waals surface area contributed by atoms with Gasteiger partial charge in [0, 0.05) is 29.8 Å². The van der Waals surface area contributed by atoms with Gasteiger partial charge in [0.1, 0.15) is 0 Å². The van der Waals surface area contributed by atoms with Crippen LogP contribution in [0.5, 0.6) is 0 Å². The SMILES string of the molecule is CCc1ccc(C(=O)CCC(=O)Nc2ccc(NC(N)=O)cc2)cc1. The van der Waals surface area contributed by atoms with Crippen LogP contribution >= 0.6 is 0 Å². The summed E-state index contributed by atoms with van der Waals surface area (Å²) in [5.74, 6) is -0.298. The summed E-state index contributed by atoms with van der Waals surface area (Å²) in [5, 5.41) is 5.15. The Bertz CT molecular complexity index is 752. The second kappa shape index (κ2) is 8.63. The molecule has 2 aromatic rings. The predicted molar refractivity (Wildman–Crippen MR) is 97.7 cm³/mol. The summed E-state index contributed by atoms with van der Waals surface area (Å²) in [6.45, 7) is 2.05. The molecule has 0 radical (unpaired) electrons. The van der Waals surface area contributed by atoms with E-state index < -0.39 is 6.03 Å². The summed E-state index contributed by atoms with van der Waals surface area (Å²) in [7, 11) is 0. The standard InChI is InChI=1S/C19H21N3O3/c1-2-13-3-5-14(6-4-13)17(23)11-12-18(24)21-15-7-9-16(10-8-15)22-19(20)25/h3-10H,2,11-12H2,1H3,(H,21,24)(H3,20,22,25). The van der Waals surface area contributed by atoms with Gasteiger partial charge in [-0.2, -0.15) is 0 Å². The van der Waals surface area contributed by atoms with Crippen LogP contribution in [-0.2, 0) is 11.2 Å². The van der Waals surface area contributed by atoms with Crippen molar-refractivity contribution >= 4 is 29.1 Å². The molecule has 0 fully saturated rings. The molecule has 0 atom stereocenters. The molecule has 6 heteroatoms. The normalized spacial score (nSPS) is 10.1. The van der Waals surface area contributed by atoms with E-state index in [1.54, 1.807) is 36.4 Å². The van der Waals surface area contributed by atoms with Gasteiger partial charge in [-0.1, -0.05) is 31.2 Å². The highest BCUT2D eigenvalue weighted by atomic mass is 16.2. The minimum atomic E-state index is -0.651. The van der Waals surface area contributed by atoms with Crippen LogP contribution in [0.15, 0.2) is 48.5 Å². The molecule has 0 saturated carbocycles. The molecule has 130 valence electrons. The molecule has 0 aromatic heterocycles. The lowest BCUT2D eigenvalue weighted by Crippen LogP contribution is -2.19. The summed E-state index contributed by atoms with van der Waals surface area (Å²) in [5.41, 5.74) is 7.93. The largest absolute Gasteiger partial charge is 0.351 e. The molecule has 0 heterocycles. The Morgan fingerprint density at radius 3 is 1.92 bits per heavy atom. The first-order valence-corrected chi connectivity index (χ1v) is 8.06. The number of hydrogen-bond acceptors (Lipinski definition) is 3. The number of amides is 3. The molecule has 0 spiro atoms. The van der Waals surface area contributed by atoms with E-state index in [1.165, 1.54) is 5.56 Å². The third-order valence-corrected chi connectivity index (χ3v) is 3.70. The van der Waals surface area contributed by atoms with Crippen molar-refractivity contribution in [3.8, 4) is 0 Å². The molecule has 0 aliphatic heterocycles. The number of primary amides is 1. The van der Waals surface area contributed by atoms with E-state index in [9.17, 15) is 14.4 Å². The zero-order valence-corrected chi connectivity index (χ0v) is 14.0. The Kier molecular flexibility index (Phi) is 6.28. The Morgan fingerprint density at radius 2 is 1.40 bits per heavy atom. The maximum absolute atomic E-state index is 12.1. The predicted octanol–water partition coefficient (Wildman–Crippen LogP) is 3.34. The third kappa shape index (κ3) is 5.76. The average molecular weight is 339 g/mol. The zero-order valence-electron chi connectivity index (χ0n) is 14.0. The Balaban J connectivity index is 1.83. The Hall–Kier alpha value is -3.15. The Morgan fingerprint density at radius 1 is 0.840 bits per heavy atom. The minimum Gasteiger partial charge on any atom is -0.351 e. The Labute approximate surface area is 146 Å². The highest BCUT2D eigenvalue weighted by Crippen LogP contribution is 2.14. The second-order valence-corrected chi connectivity index (χ2v) is 5.59. The van der Waals surface area contributed by atoms with Crippen LogP contribution in [0.2, 0.25) is 0 Å². The number of hydrogen-bond donors (Lipinski definition) is 3. The first kappa shape index (κ1) is 18.2. The van der Waals surface area contributed by atoms with E-state index in [2.05, 4.69) is 17.6 Å². The van der Waals surface area contributed by atoms with E-state index in [0.29, 0.717) is 16.9 Å². The lowest BCUT2D eigenvalue weighted by atomic mass is 10.0. The van der Waals surface area contributed by atoms with Crippen LogP contribution in [0.4, 0.5) is 16.2 Å². The zero-order chi connectivity index (χ0) is 18.2. The molecule has 6 nitrogen and oxygen atoms in total. The van der Waals surface area contributed by atoms with Crippen molar-refractivity contribution in [3.05, 3.63) is 59.7 Å². The number of carbonyl (C=O) groups is 3. The summed E-state index contributed by atoms with van der Waals surface area (Å²) in [6, 6.07) is 13.3. The van der Waals surface area contributed by atoms with Crippen LogP contribution in [0.3, 0.4) is 0 Å². The summed E-state index contributed by atoms with van der Waals surface area (Å²) in [4.78, 5) is 34.8. The van der Waals surface area contributed by atoms with Gasteiger partial charge in [0.15, 0.2) is 5.78 Å². The van der Waals surface area contributed by atoms with E-state index in [-0.39, 0.29) is 24.5 Å². The molecule has 0 saturated heterocycles. The number of aryl methyl sites for hydroxylation is 1. The van der Waals surface area contributed by atoms with Crippen LogP contribution in [0.25, 0.3) is 0 Å². The number of nitrogens with one attached hydrogen (secondary N) is 2. The summed E-state index contributed by atoms with van der Waals surface area (Å²) < 4.78 is 0. The van der Waals surface area contributed by atoms with Gasteiger partial charge in [0.25, 0.3) is 0 Å². The molecule has 3 amide bonds. The highest BCUT2D eigenvalue weighted by molar-refractivity contribution is 6.00. The van der Waals surface area contributed by atoms with Gasteiger partial charge in [0.2, 0.25) is 5.91 Å². The maximum Gasteiger partial charge on any atom is 0.316 e. The van der Waals surface area contributed by atoms with E-state index >= 15 is 0 Å². The summed E-state index contributed by atoms with van der Waals surface area (Å²) >= 11 is 0. The van der Waals surface area contributed by atoms with Gasteiger partial charge < -0.3 is 16.4 Å². The molecule has 0 bridgehead atoms. The van der Waals surface area contributed by atoms with Crippen LogP contribution in [0, 0.1) is 0 Å². The topological polar surface area (TPSA) is 101 Å². The van der Waals surface area contributed by atoms with Gasteiger partial charge in [-0.05, 0) is 36.2 Å². The quantitative estimate of drug-likeness (QED) is 0.674. The monoisotopic (exact) mass is 339 g/mol. The highest BCUT2D eigenvalue weighted by Gasteiger charge is 2.10. The van der Waals surface area contributed by atoms with Gasteiger partial charge in [-0.15, -0.1) is 0 Å². The number of nitrogens with two attached hydrogens (primary N) is 1. The van der Waals surface area contributed by atoms with Crippen LogP contribution in [-0.4, -0.2) is 17.7 Å². The van der Waals surface area contributed by atoms with Crippen molar-refractivity contribution < 1.29 is 14.4 Å². The maximum atomic E-state index is 12.1. The van der Waals surface area contributed by atoms with Crippen molar-refractivity contribution in [2.75, 3.05) is 10.6 Å². The molecule has 0 aliphatic rings. The van der Waals surface area contributed by atoms with Crippen molar-refractivity contribution in [1.82, 2.24) is 0 Å². The smallest absolute Gasteiger partial charge is 0.316 e. The molecule has 25 heavy (non-hydrogen) atoms. The number of carbonyl (C=O) groups excluding carboxylic acids is 3. The van der Waals surface area contributed by atoms with Crippen molar-refractivity contribution in [3.63, 3.8) is 0 Å². The molecular weight excluding hydrogens is 318 g/mol. The number of anilines is 2. The van der Waals surface area contributed by atoms with E-state index in [4.69, 9.17) is 5.73 Å². The second-order valence-electron chi connectivity index (χ2n) is 5.59.